The van der Waals surface area contributed by atoms with Crippen LogP contribution in [0.3, 0.4) is 0 Å². The number of rotatable bonds is 3. The Kier molecular flexibility index (Phi) is 3.99. The third-order valence-corrected chi connectivity index (χ3v) is 4.11. The molecule has 3 rings (SSSR count). The molecule has 0 aliphatic carbocycles. The molecule has 1 aromatic heterocycles. The molecule has 1 N–H and O–H groups in total. The van der Waals surface area contributed by atoms with Crippen molar-refractivity contribution >= 4 is 39.1 Å². The molecule has 0 fully saturated rings. The van der Waals surface area contributed by atoms with Crippen molar-refractivity contribution in [3.63, 3.8) is 0 Å². The van der Waals surface area contributed by atoms with Crippen molar-refractivity contribution in [2.45, 2.75) is 0 Å². The van der Waals surface area contributed by atoms with E-state index in [0.29, 0.717) is 5.56 Å². The Morgan fingerprint density at radius 3 is 2.91 bits per heavy atom. The van der Waals surface area contributed by atoms with Crippen molar-refractivity contribution in [1.82, 2.24) is 0 Å². The highest BCUT2D eigenvalue weighted by Gasteiger charge is 2.02. The molecule has 0 unspecified atom stereocenters. The van der Waals surface area contributed by atoms with Crippen LogP contribution in [0.4, 0.5) is 5.69 Å². The average molecular weight is 304 g/mol. The summed E-state index contributed by atoms with van der Waals surface area (Å²) in [5.41, 5.74) is 2.04. The van der Waals surface area contributed by atoms with Gasteiger partial charge in [0.25, 0.3) is 0 Å². The SMILES string of the molecule is N#Cc1ccccc1/C=C/C(=O)Nc1ccc2sccc2c1. The van der Waals surface area contributed by atoms with Crippen LogP contribution in [0.15, 0.2) is 60.0 Å². The van der Waals surface area contributed by atoms with E-state index in [2.05, 4.69) is 11.4 Å². The molecule has 2 aromatic carbocycles. The van der Waals surface area contributed by atoms with E-state index in [4.69, 9.17) is 5.26 Å². The number of hydrogen-bond donors (Lipinski definition) is 1. The number of carbonyl (C=O) groups excluding carboxylic acids is 1. The fourth-order valence-corrected chi connectivity index (χ4v) is 2.91. The van der Waals surface area contributed by atoms with Crippen LogP contribution < -0.4 is 5.32 Å². The lowest BCUT2D eigenvalue weighted by Crippen LogP contribution is -2.07. The van der Waals surface area contributed by atoms with Crippen LogP contribution in [0.5, 0.6) is 0 Å². The van der Waals surface area contributed by atoms with Crippen molar-refractivity contribution in [2.75, 3.05) is 5.32 Å². The minimum Gasteiger partial charge on any atom is -0.322 e. The molecule has 3 nitrogen and oxygen atoms in total. The van der Waals surface area contributed by atoms with Crippen molar-refractivity contribution in [1.29, 1.82) is 5.26 Å². The van der Waals surface area contributed by atoms with Crippen molar-refractivity contribution in [3.8, 4) is 6.07 Å². The Morgan fingerprint density at radius 2 is 2.05 bits per heavy atom. The van der Waals surface area contributed by atoms with Gasteiger partial charge in [0.05, 0.1) is 11.6 Å². The smallest absolute Gasteiger partial charge is 0.248 e. The zero-order valence-electron chi connectivity index (χ0n) is 11.6. The minimum atomic E-state index is -0.220. The summed E-state index contributed by atoms with van der Waals surface area (Å²) in [7, 11) is 0. The summed E-state index contributed by atoms with van der Waals surface area (Å²) < 4.78 is 1.19. The molecule has 1 amide bonds. The van der Waals surface area contributed by atoms with E-state index >= 15 is 0 Å². The minimum absolute atomic E-state index is 0.220. The number of thiophene rings is 1. The highest BCUT2D eigenvalue weighted by atomic mass is 32.1. The molecular formula is C18H12N2OS. The Morgan fingerprint density at radius 1 is 1.18 bits per heavy atom. The Bertz CT molecular complexity index is 903. The van der Waals surface area contributed by atoms with E-state index in [1.807, 2.05) is 35.7 Å². The predicted octanol–water partition coefficient (Wildman–Crippen LogP) is 4.42. The van der Waals surface area contributed by atoms with Crippen molar-refractivity contribution < 1.29 is 4.79 Å². The zero-order chi connectivity index (χ0) is 15.4. The number of nitrogens with one attached hydrogen (secondary N) is 1. The molecule has 4 heteroatoms. The molecule has 22 heavy (non-hydrogen) atoms. The standard InChI is InChI=1S/C18H12N2OS/c19-12-15-4-2-1-3-13(15)5-8-18(21)20-16-6-7-17-14(11-16)9-10-22-17/h1-11H,(H,20,21)/b8-5+. The summed E-state index contributed by atoms with van der Waals surface area (Å²) in [6, 6.07) is 17.1. The summed E-state index contributed by atoms with van der Waals surface area (Å²) in [5, 5.41) is 15.0. The molecule has 0 radical (unpaired) electrons. The fraction of sp³-hybridized carbons (Fsp3) is 0. The van der Waals surface area contributed by atoms with Gasteiger partial charge in [-0.2, -0.15) is 5.26 Å². The van der Waals surface area contributed by atoms with Crippen LogP contribution in [-0.2, 0) is 4.79 Å². The number of nitriles is 1. The molecule has 0 atom stereocenters. The number of hydrogen-bond acceptors (Lipinski definition) is 3. The predicted molar refractivity (Wildman–Crippen MR) is 90.6 cm³/mol. The van der Waals surface area contributed by atoms with E-state index in [1.165, 1.54) is 10.8 Å². The summed E-state index contributed by atoms with van der Waals surface area (Å²) in [5.74, 6) is -0.220. The topological polar surface area (TPSA) is 52.9 Å². The summed E-state index contributed by atoms with van der Waals surface area (Å²) in [6.45, 7) is 0. The van der Waals surface area contributed by atoms with Crippen LogP contribution in [0.1, 0.15) is 11.1 Å². The maximum Gasteiger partial charge on any atom is 0.248 e. The van der Waals surface area contributed by atoms with Crippen LogP contribution in [0.25, 0.3) is 16.2 Å². The molecule has 0 spiro atoms. The van der Waals surface area contributed by atoms with E-state index in [1.54, 1.807) is 35.6 Å². The van der Waals surface area contributed by atoms with Crippen LogP contribution in [0.2, 0.25) is 0 Å². The number of fused-ring (bicyclic) bond motifs is 1. The van der Waals surface area contributed by atoms with Gasteiger partial charge in [0.15, 0.2) is 0 Å². The largest absolute Gasteiger partial charge is 0.322 e. The van der Waals surface area contributed by atoms with Gasteiger partial charge in [-0.3, -0.25) is 4.79 Å². The summed E-state index contributed by atoms with van der Waals surface area (Å²) in [4.78, 5) is 12.0. The van der Waals surface area contributed by atoms with Gasteiger partial charge in [-0.15, -0.1) is 11.3 Å². The molecule has 0 bridgehead atoms. The molecule has 0 saturated carbocycles. The quantitative estimate of drug-likeness (QED) is 0.728. The van der Waals surface area contributed by atoms with Crippen molar-refractivity contribution in [3.05, 3.63) is 71.1 Å². The summed E-state index contributed by atoms with van der Waals surface area (Å²) >= 11 is 1.67. The zero-order valence-corrected chi connectivity index (χ0v) is 12.4. The first-order valence-electron chi connectivity index (χ1n) is 6.72. The molecule has 0 aliphatic rings. The fourth-order valence-electron chi connectivity index (χ4n) is 2.14. The molecule has 0 aliphatic heterocycles. The second-order valence-corrected chi connectivity index (χ2v) is 5.64. The van der Waals surface area contributed by atoms with Gasteiger partial charge in [0.2, 0.25) is 5.91 Å². The average Bonchev–Trinajstić information content (AvgIpc) is 3.01. The Balaban J connectivity index is 1.74. The molecule has 3 aromatic rings. The highest BCUT2D eigenvalue weighted by Crippen LogP contribution is 2.24. The number of anilines is 1. The number of nitrogens with zero attached hydrogens (tertiary/aromatic N) is 1. The monoisotopic (exact) mass is 304 g/mol. The van der Waals surface area contributed by atoms with Gasteiger partial charge < -0.3 is 5.32 Å². The van der Waals surface area contributed by atoms with Gasteiger partial charge in [0, 0.05) is 16.5 Å². The molecule has 0 saturated heterocycles. The van der Waals surface area contributed by atoms with Gasteiger partial charge in [0.1, 0.15) is 0 Å². The van der Waals surface area contributed by atoms with Gasteiger partial charge >= 0.3 is 0 Å². The van der Waals surface area contributed by atoms with E-state index in [-0.39, 0.29) is 5.91 Å². The van der Waals surface area contributed by atoms with Gasteiger partial charge in [-0.25, -0.2) is 0 Å². The lowest BCUT2D eigenvalue weighted by atomic mass is 10.1. The van der Waals surface area contributed by atoms with Crippen LogP contribution >= 0.6 is 11.3 Å². The first-order valence-corrected chi connectivity index (χ1v) is 7.60. The lowest BCUT2D eigenvalue weighted by molar-refractivity contribution is -0.111. The van der Waals surface area contributed by atoms with E-state index in [9.17, 15) is 4.79 Å². The first-order chi connectivity index (χ1) is 10.8. The highest BCUT2D eigenvalue weighted by molar-refractivity contribution is 7.17. The summed E-state index contributed by atoms with van der Waals surface area (Å²) in [6.07, 6.45) is 3.09. The van der Waals surface area contributed by atoms with Gasteiger partial charge in [-0.05, 0) is 52.7 Å². The maximum atomic E-state index is 12.0. The second kappa shape index (κ2) is 6.25. The second-order valence-electron chi connectivity index (χ2n) is 4.69. The number of benzene rings is 2. The molecule has 106 valence electrons. The maximum absolute atomic E-state index is 12.0. The third kappa shape index (κ3) is 3.05. The lowest BCUT2D eigenvalue weighted by Gasteiger charge is -2.02. The van der Waals surface area contributed by atoms with Crippen LogP contribution in [-0.4, -0.2) is 5.91 Å². The van der Waals surface area contributed by atoms with Crippen molar-refractivity contribution in [2.24, 2.45) is 0 Å². The van der Waals surface area contributed by atoms with E-state index < -0.39 is 0 Å². The van der Waals surface area contributed by atoms with Gasteiger partial charge in [-0.1, -0.05) is 18.2 Å². The van der Waals surface area contributed by atoms with E-state index in [0.717, 1.165) is 16.6 Å². The van der Waals surface area contributed by atoms with Crippen LogP contribution in [0, 0.1) is 11.3 Å². The number of amides is 1. The number of carbonyl (C=O) groups is 1. The molecule has 1 heterocycles. The molecular weight excluding hydrogens is 292 g/mol. The normalized spacial score (nSPS) is 10.7. The Labute approximate surface area is 132 Å². The first kappa shape index (κ1) is 14.1. The Hall–Kier alpha value is -2.90. The third-order valence-electron chi connectivity index (χ3n) is 3.22.